The van der Waals surface area contributed by atoms with Gasteiger partial charge in [0.25, 0.3) is 0 Å². The third-order valence-electron chi connectivity index (χ3n) is 1.41. The average molecular weight is 189 g/mol. The van der Waals surface area contributed by atoms with Crippen molar-refractivity contribution in [2.45, 2.75) is 6.54 Å². The second kappa shape index (κ2) is 3.93. The summed E-state index contributed by atoms with van der Waals surface area (Å²) in [4.78, 5) is 0. The van der Waals surface area contributed by atoms with Gasteiger partial charge in [0.2, 0.25) is 0 Å². The largest absolute Gasteiger partial charge is 0.425 e. The summed E-state index contributed by atoms with van der Waals surface area (Å²) >= 11 is 0. The molecule has 0 saturated heterocycles. The molecule has 1 aromatic carbocycles. The summed E-state index contributed by atoms with van der Waals surface area (Å²) in [6.45, 7) is -1.69. The Labute approximate surface area is 74.1 Å². The van der Waals surface area contributed by atoms with Gasteiger partial charge >= 0.3 is 6.54 Å². The van der Waals surface area contributed by atoms with E-state index < -0.39 is 6.54 Å². The topological polar surface area (TPSA) is 44.5 Å². The van der Waals surface area contributed by atoms with Crippen molar-refractivity contribution in [2.75, 3.05) is 12.9 Å². The van der Waals surface area contributed by atoms with Gasteiger partial charge in [-0.1, -0.05) is 0 Å². The van der Waals surface area contributed by atoms with Crippen molar-refractivity contribution < 1.29 is 18.3 Å². The molecule has 0 bridgehead atoms. The minimum atomic E-state index is -1.69. The molecule has 1 atom stereocenters. The molecule has 0 aromatic heterocycles. The van der Waals surface area contributed by atoms with Crippen LogP contribution in [0, 0.1) is 0 Å². The molecule has 5 heteroatoms. The number of anilines is 1. The van der Waals surface area contributed by atoms with Gasteiger partial charge in [0, 0.05) is 11.8 Å². The Morgan fingerprint density at radius 2 is 1.85 bits per heavy atom. The van der Waals surface area contributed by atoms with E-state index in [2.05, 4.69) is 9.47 Å². The van der Waals surface area contributed by atoms with Crippen LogP contribution in [-0.4, -0.2) is 13.7 Å². The van der Waals surface area contributed by atoms with Crippen molar-refractivity contribution in [2.24, 2.45) is 0 Å². The average Bonchev–Trinajstić information content (AvgIpc) is 2.48. The smallest absolute Gasteiger partial charge is 0.397 e. The molecule has 72 valence electrons. The Bertz CT molecular complexity index is 293. The zero-order valence-corrected chi connectivity index (χ0v) is 6.96. The van der Waals surface area contributed by atoms with E-state index in [-0.39, 0.29) is 0 Å². The van der Waals surface area contributed by atoms with E-state index in [0.29, 0.717) is 24.4 Å². The number of alkyl halides is 2. The van der Waals surface area contributed by atoms with Gasteiger partial charge < -0.3 is 15.2 Å². The summed E-state index contributed by atoms with van der Waals surface area (Å²) in [5.41, 5.74) is 5.95. The van der Waals surface area contributed by atoms with Crippen molar-refractivity contribution in [1.82, 2.24) is 0 Å². The first-order valence-electron chi connectivity index (χ1n) is 3.50. The van der Waals surface area contributed by atoms with Gasteiger partial charge in [-0.15, -0.1) is 0 Å². The highest BCUT2D eigenvalue weighted by atomic mass is 19.2. The fourth-order valence-electron chi connectivity index (χ4n) is 0.938. The Hall–Kier alpha value is -1.52. The monoisotopic (exact) mass is 189 g/mol. The number of hydrogen-bond acceptors (Lipinski definition) is 3. The summed E-state index contributed by atoms with van der Waals surface area (Å²) in [5, 5.41) is 0. The summed E-state index contributed by atoms with van der Waals surface area (Å²) in [6, 6.07) is 4.72. The van der Waals surface area contributed by atoms with Crippen molar-refractivity contribution >= 4 is 5.69 Å². The minimum Gasteiger partial charge on any atom is -0.425 e. The number of nitrogen functional groups attached to an aromatic ring is 1. The third-order valence-corrected chi connectivity index (χ3v) is 1.41. The van der Waals surface area contributed by atoms with Gasteiger partial charge in [0.1, 0.15) is 0 Å². The normalized spacial score (nSPS) is 17.6. The minimum absolute atomic E-state index is 0.359. The molecule has 1 aliphatic heterocycles. The highest BCUT2D eigenvalue weighted by Gasteiger charge is 2.22. The Balaban J connectivity index is 0.000000396. The molecule has 2 N–H and O–H groups in total. The van der Waals surface area contributed by atoms with E-state index in [1.807, 2.05) is 0 Å². The van der Waals surface area contributed by atoms with E-state index in [4.69, 9.17) is 5.73 Å². The number of benzene rings is 1. The van der Waals surface area contributed by atoms with Crippen LogP contribution in [0.4, 0.5) is 14.5 Å². The van der Waals surface area contributed by atoms with Crippen molar-refractivity contribution in [3.63, 3.8) is 0 Å². The first-order valence-corrected chi connectivity index (χ1v) is 3.50. The van der Waals surface area contributed by atoms with Crippen LogP contribution in [0.25, 0.3) is 0 Å². The van der Waals surface area contributed by atoms with Crippen molar-refractivity contribution in [3.05, 3.63) is 18.2 Å². The molecule has 1 unspecified atom stereocenters. The SMILES string of the molecule is CF.Nc1ccc2c(c1)OC(F)O2. The number of fused-ring (bicyclic) bond motifs is 1. The highest BCUT2D eigenvalue weighted by molar-refractivity contribution is 5.52. The molecule has 0 amide bonds. The highest BCUT2D eigenvalue weighted by Crippen LogP contribution is 2.36. The molecule has 13 heavy (non-hydrogen) atoms. The first kappa shape index (κ1) is 9.57. The van der Waals surface area contributed by atoms with Gasteiger partial charge in [-0.2, -0.15) is 4.39 Å². The molecule has 1 aromatic rings. The third kappa shape index (κ3) is 1.99. The van der Waals surface area contributed by atoms with Gasteiger partial charge in [-0.05, 0) is 12.1 Å². The number of rotatable bonds is 0. The lowest BCUT2D eigenvalue weighted by atomic mass is 10.3. The van der Waals surface area contributed by atoms with Gasteiger partial charge in [-0.3, -0.25) is 4.39 Å². The number of nitrogens with two attached hydrogens (primary N) is 1. The number of halogens is 2. The Morgan fingerprint density at radius 3 is 2.54 bits per heavy atom. The van der Waals surface area contributed by atoms with Crippen LogP contribution in [0.5, 0.6) is 11.5 Å². The molecule has 0 spiro atoms. The quantitative estimate of drug-likeness (QED) is 0.633. The van der Waals surface area contributed by atoms with Gasteiger partial charge in [0.15, 0.2) is 11.5 Å². The number of ether oxygens (including phenoxy) is 2. The summed E-state index contributed by atoms with van der Waals surface area (Å²) in [5.74, 6) is 0.754. The maximum Gasteiger partial charge on any atom is 0.397 e. The summed E-state index contributed by atoms with van der Waals surface area (Å²) in [7, 11) is 0.500. The maximum absolute atomic E-state index is 12.4. The fourth-order valence-corrected chi connectivity index (χ4v) is 0.938. The fraction of sp³-hybridized carbons (Fsp3) is 0.250. The molecule has 0 saturated carbocycles. The predicted molar refractivity (Wildman–Crippen MR) is 44.0 cm³/mol. The molecule has 3 nitrogen and oxygen atoms in total. The van der Waals surface area contributed by atoms with Gasteiger partial charge in [0.05, 0.1) is 7.18 Å². The summed E-state index contributed by atoms with van der Waals surface area (Å²) < 4.78 is 31.1. The van der Waals surface area contributed by atoms with Crippen molar-refractivity contribution in [3.8, 4) is 11.5 Å². The predicted octanol–water partition coefficient (Wildman–Crippen LogP) is 1.88. The van der Waals surface area contributed by atoms with E-state index in [1.54, 1.807) is 12.1 Å². The van der Waals surface area contributed by atoms with Gasteiger partial charge in [-0.25, -0.2) is 0 Å². The molecule has 1 heterocycles. The second-order valence-electron chi connectivity index (χ2n) is 2.22. The zero-order valence-electron chi connectivity index (χ0n) is 6.96. The lowest BCUT2D eigenvalue weighted by molar-refractivity contribution is -0.0651. The van der Waals surface area contributed by atoms with E-state index in [9.17, 15) is 8.78 Å². The van der Waals surface area contributed by atoms with E-state index in [0.717, 1.165) is 0 Å². The first-order chi connectivity index (χ1) is 6.25. The number of hydrogen-bond donors (Lipinski definition) is 1. The molecule has 0 aliphatic carbocycles. The van der Waals surface area contributed by atoms with Crippen LogP contribution in [-0.2, 0) is 0 Å². The van der Waals surface area contributed by atoms with E-state index in [1.165, 1.54) is 6.07 Å². The van der Waals surface area contributed by atoms with E-state index >= 15 is 0 Å². The molecular formula is C8H9F2NO2. The zero-order chi connectivity index (χ0) is 9.84. The molecule has 0 radical (unpaired) electrons. The molecular weight excluding hydrogens is 180 g/mol. The Kier molecular flexibility index (Phi) is 2.89. The van der Waals surface area contributed by atoms with Crippen LogP contribution < -0.4 is 15.2 Å². The summed E-state index contributed by atoms with van der Waals surface area (Å²) in [6.07, 6.45) is 0. The molecule has 0 fully saturated rings. The van der Waals surface area contributed by atoms with Crippen LogP contribution in [0.1, 0.15) is 0 Å². The van der Waals surface area contributed by atoms with Crippen LogP contribution in [0.2, 0.25) is 0 Å². The Morgan fingerprint density at radius 1 is 1.23 bits per heavy atom. The molecule has 2 rings (SSSR count). The lowest BCUT2D eigenvalue weighted by Crippen LogP contribution is -2.09. The standard InChI is InChI=1S/C7H6FNO2.CH3F/c8-7-10-5-2-1-4(9)3-6(5)11-7;1-2/h1-3,7H,9H2;1H3. The van der Waals surface area contributed by atoms with Crippen molar-refractivity contribution in [1.29, 1.82) is 0 Å². The van der Waals surface area contributed by atoms with Crippen LogP contribution in [0.3, 0.4) is 0 Å². The molecule has 1 aliphatic rings. The van der Waals surface area contributed by atoms with Crippen LogP contribution >= 0.6 is 0 Å². The second-order valence-corrected chi connectivity index (χ2v) is 2.22. The maximum atomic E-state index is 12.4. The van der Waals surface area contributed by atoms with Crippen LogP contribution in [0.15, 0.2) is 18.2 Å². The lowest BCUT2D eigenvalue weighted by Gasteiger charge is -1.95.